The van der Waals surface area contributed by atoms with Crippen LogP contribution < -0.4 is 0 Å². The van der Waals surface area contributed by atoms with E-state index >= 15 is 0 Å². The topological polar surface area (TPSA) is 109 Å². The number of pyridine rings is 2. The van der Waals surface area contributed by atoms with E-state index in [4.69, 9.17) is 0 Å². The van der Waals surface area contributed by atoms with Crippen LogP contribution in [-0.4, -0.2) is 40.3 Å². The highest BCUT2D eigenvalue weighted by Crippen LogP contribution is 2.34. The minimum atomic E-state index is 0.613. The van der Waals surface area contributed by atoms with Crippen LogP contribution in [0.25, 0.3) is 22.8 Å². The molecule has 0 aliphatic carbocycles. The molecule has 0 radical (unpaired) electrons. The first-order valence-corrected chi connectivity index (χ1v) is 9.03. The standard InChI is InChI=1S/C14H10N8S2/c1-5-15-6-2-9(1)11-17-13(21-19-11)23-24-14-18-12(20-22-14)10-3-7-16-8-4-10/h1-8H,(H,17,19,21)(H,18,20,22). The van der Waals surface area contributed by atoms with Crippen LogP contribution in [0, 0.1) is 0 Å². The molecule has 0 atom stereocenters. The summed E-state index contributed by atoms with van der Waals surface area (Å²) >= 11 is 0. The summed E-state index contributed by atoms with van der Waals surface area (Å²) in [5.74, 6) is 1.40. The molecular formula is C14H10N8S2. The Bertz CT molecular complexity index is 844. The minimum absolute atomic E-state index is 0.613. The summed E-state index contributed by atoms with van der Waals surface area (Å²) in [7, 11) is 2.78. The minimum Gasteiger partial charge on any atom is -0.265 e. The van der Waals surface area contributed by atoms with Gasteiger partial charge in [-0.1, -0.05) is 0 Å². The van der Waals surface area contributed by atoms with E-state index in [1.165, 1.54) is 21.6 Å². The number of H-pyrrole nitrogens is 2. The third kappa shape index (κ3) is 3.29. The van der Waals surface area contributed by atoms with E-state index < -0.39 is 0 Å². The molecule has 0 aromatic carbocycles. The Kier molecular flexibility index (Phi) is 4.21. The summed E-state index contributed by atoms with van der Waals surface area (Å²) in [5, 5.41) is 15.4. The zero-order valence-corrected chi connectivity index (χ0v) is 13.8. The second kappa shape index (κ2) is 6.81. The first-order valence-electron chi connectivity index (χ1n) is 6.88. The van der Waals surface area contributed by atoms with Crippen LogP contribution >= 0.6 is 21.6 Å². The highest BCUT2D eigenvalue weighted by Gasteiger charge is 2.10. The van der Waals surface area contributed by atoms with Gasteiger partial charge in [-0.2, -0.15) is 0 Å². The molecule has 0 bridgehead atoms. The molecule has 0 spiro atoms. The van der Waals surface area contributed by atoms with E-state index in [2.05, 4.69) is 40.3 Å². The predicted molar refractivity (Wildman–Crippen MR) is 90.9 cm³/mol. The molecule has 118 valence electrons. The van der Waals surface area contributed by atoms with Crippen molar-refractivity contribution in [1.29, 1.82) is 0 Å². The highest BCUT2D eigenvalue weighted by molar-refractivity contribution is 8.76. The second-order valence-corrected chi connectivity index (χ2v) is 6.64. The molecule has 4 heterocycles. The van der Waals surface area contributed by atoms with Crippen molar-refractivity contribution in [2.75, 3.05) is 0 Å². The largest absolute Gasteiger partial charge is 0.265 e. The summed E-state index contributed by atoms with van der Waals surface area (Å²) in [6.07, 6.45) is 6.86. The lowest BCUT2D eigenvalue weighted by Crippen LogP contribution is -1.80. The molecule has 24 heavy (non-hydrogen) atoms. The van der Waals surface area contributed by atoms with Gasteiger partial charge in [0.2, 0.25) is 10.3 Å². The van der Waals surface area contributed by atoms with Crippen molar-refractivity contribution in [2.45, 2.75) is 10.3 Å². The van der Waals surface area contributed by atoms with Crippen molar-refractivity contribution in [1.82, 2.24) is 40.3 Å². The summed E-state index contributed by atoms with van der Waals surface area (Å²) in [6.45, 7) is 0. The molecular weight excluding hydrogens is 344 g/mol. The van der Waals surface area contributed by atoms with Crippen LogP contribution in [0.2, 0.25) is 0 Å². The number of rotatable bonds is 5. The Morgan fingerprint density at radius 3 is 1.46 bits per heavy atom. The molecule has 0 aliphatic rings. The summed E-state index contributed by atoms with van der Waals surface area (Å²) < 4.78 is 0. The molecule has 0 fully saturated rings. The third-order valence-corrected chi connectivity index (χ3v) is 4.92. The first kappa shape index (κ1) is 14.8. The number of hydrogen-bond acceptors (Lipinski definition) is 8. The maximum atomic E-state index is 4.43. The average Bonchev–Trinajstić information content (AvgIpc) is 3.31. The smallest absolute Gasteiger partial charge is 0.219 e. The lowest BCUT2D eigenvalue weighted by molar-refractivity contribution is 0.973. The zero-order valence-electron chi connectivity index (χ0n) is 12.1. The Hall–Kier alpha value is -2.72. The number of hydrogen-bond donors (Lipinski definition) is 2. The third-order valence-electron chi connectivity index (χ3n) is 3.03. The normalized spacial score (nSPS) is 10.8. The number of aromatic nitrogens is 8. The van der Waals surface area contributed by atoms with Gasteiger partial charge < -0.3 is 0 Å². The van der Waals surface area contributed by atoms with Crippen LogP contribution in [-0.2, 0) is 0 Å². The molecule has 0 saturated heterocycles. The van der Waals surface area contributed by atoms with Crippen molar-refractivity contribution in [3.05, 3.63) is 49.1 Å². The highest BCUT2D eigenvalue weighted by atomic mass is 33.1. The molecule has 0 aliphatic heterocycles. The lowest BCUT2D eigenvalue weighted by Gasteiger charge is -1.93. The second-order valence-electron chi connectivity index (χ2n) is 4.57. The van der Waals surface area contributed by atoms with E-state index in [1.54, 1.807) is 24.8 Å². The number of aromatic amines is 2. The zero-order chi connectivity index (χ0) is 16.2. The molecule has 4 aromatic rings. The van der Waals surface area contributed by atoms with Gasteiger partial charge in [-0.3, -0.25) is 20.2 Å². The molecule has 0 saturated carbocycles. The molecule has 4 rings (SSSR count). The SMILES string of the molecule is c1cc(-c2nc(SSc3n[nH]c(-c4ccncc4)n3)n[nH]2)ccn1. The maximum Gasteiger partial charge on any atom is 0.219 e. The van der Waals surface area contributed by atoms with Gasteiger partial charge in [0.05, 0.1) is 0 Å². The van der Waals surface area contributed by atoms with E-state index in [0.717, 1.165) is 11.1 Å². The van der Waals surface area contributed by atoms with Gasteiger partial charge in [0.25, 0.3) is 0 Å². The van der Waals surface area contributed by atoms with Gasteiger partial charge in [0, 0.05) is 35.9 Å². The summed E-state index contributed by atoms with van der Waals surface area (Å²) in [6, 6.07) is 7.49. The quantitative estimate of drug-likeness (QED) is 0.527. The van der Waals surface area contributed by atoms with E-state index in [-0.39, 0.29) is 0 Å². The van der Waals surface area contributed by atoms with Gasteiger partial charge >= 0.3 is 0 Å². The van der Waals surface area contributed by atoms with Gasteiger partial charge in [-0.05, 0) is 45.9 Å². The van der Waals surface area contributed by atoms with Crippen molar-refractivity contribution in [3.63, 3.8) is 0 Å². The van der Waals surface area contributed by atoms with E-state index in [0.29, 0.717) is 22.0 Å². The van der Waals surface area contributed by atoms with Gasteiger partial charge in [-0.25, -0.2) is 9.97 Å². The average molecular weight is 354 g/mol. The molecule has 0 unspecified atom stereocenters. The first-order chi connectivity index (χ1) is 11.9. The van der Waals surface area contributed by atoms with Crippen molar-refractivity contribution in [3.8, 4) is 22.8 Å². The van der Waals surface area contributed by atoms with Crippen molar-refractivity contribution < 1.29 is 0 Å². The molecule has 8 nitrogen and oxygen atoms in total. The molecule has 2 N–H and O–H groups in total. The number of nitrogens with one attached hydrogen (secondary N) is 2. The fraction of sp³-hybridized carbons (Fsp3) is 0. The Morgan fingerprint density at radius 2 is 1.04 bits per heavy atom. The fourth-order valence-electron chi connectivity index (χ4n) is 1.92. The van der Waals surface area contributed by atoms with Crippen LogP contribution in [0.3, 0.4) is 0 Å². The number of nitrogens with zero attached hydrogens (tertiary/aromatic N) is 6. The van der Waals surface area contributed by atoms with Crippen LogP contribution in [0.15, 0.2) is 59.4 Å². The Balaban J connectivity index is 1.43. The molecule has 4 aromatic heterocycles. The molecule has 0 amide bonds. The van der Waals surface area contributed by atoms with E-state index in [9.17, 15) is 0 Å². The summed E-state index contributed by atoms with van der Waals surface area (Å²) in [5.41, 5.74) is 1.87. The van der Waals surface area contributed by atoms with Crippen molar-refractivity contribution in [2.24, 2.45) is 0 Å². The van der Waals surface area contributed by atoms with Gasteiger partial charge in [-0.15, -0.1) is 10.2 Å². The maximum absolute atomic E-state index is 4.43. The predicted octanol–water partition coefficient (Wildman–Crippen LogP) is 2.85. The van der Waals surface area contributed by atoms with Crippen LogP contribution in [0.4, 0.5) is 0 Å². The van der Waals surface area contributed by atoms with Crippen LogP contribution in [0.1, 0.15) is 0 Å². The Morgan fingerprint density at radius 1 is 0.625 bits per heavy atom. The van der Waals surface area contributed by atoms with Crippen LogP contribution in [0.5, 0.6) is 0 Å². The Labute approximate surface area is 144 Å². The monoisotopic (exact) mass is 354 g/mol. The summed E-state index contributed by atoms with van der Waals surface area (Å²) in [4.78, 5) is 16.8. The van der Waals surface area contributed by atoms with Crippen molar-refractivity contribution >= 4 is 21.6 Å². The van der Waals surface area contributed by atoms with E-state index in [1.807, 2.05) is 24.3 Å². The van der Waals surface area contributed by atoms with Gasteiger partial charge in [0.15, 0.2) is 11.6 Å². The lowest BCUT2D eigenvalue weighted by atomic mass is 10.3. The van der Waals surface area contributed by atoms with Gasteiger partial charge in [0.1, 0.15) is 0 Å². The molecule has 10 heteroatoms. The fourth-order valence-corrected chi connectivity index (χ4v) is 3.39.